The Balaban J connectivity index is 2.87. The molecule has 0 amide bonds. The lowest BCUT2D eigenvalue weighted by Crippen LogP contribution is -2.28. The summed E-state index contributed by atoms with van der Waals surface area (Å²) in [6.45, 7) is 1.80. The molecule has 52 valence electrons. The summed E-state index contributed by atoms with van der Waals surface area (Å²) in [7, 11) is 0. The summed E-state index contributed by atoms with van der Waals surface area (Å²) in [5, 5.41) is 8.48. The van der Waals surface area contributed by atoms with Gasteiger partial charge in [0.2, 0.25) is 5.39 Å². The lowest BCUT2D eigenvalue weighted by Gasteiger charge is -2.14. The molecule has 0 saturated heterocycles. The van der Waals surface area contributed by atoms with Crippen molar-refractivity contribution in [1.82, 2.24) is 0 Å². The minimum Gasteiger partial charge on any atom is -0.106 e. The standard InChI is InChI=1S/C7H8ClN2/c1-7(8)5-3-2-4-6(7)10-9/h2-6H,1H3/q+1. The number of allylic oxidation sites excluding steroid dienone is 2. The Kier molecular flexibility index (Phi) is 1.78. The highest BCUT2D eigenvalue weighted by molar-refractivity contribution is 6.26. The number of alkyl halides is 1. The first-order valence-corrected chi connectivity index (χ1v) is 3.44. The Morgan fingerprint density at radius 3 is 2.70 bits per heavy atom. The van der Waals surface area contributed by atoms with Crippen LogP contribution in [0.1, 0.15) is 6.92 Å². The van der Waals surface area contributed by atoms with Crippen molar-refractivity contribution in [2.45, 2.75) is 17.8 Å². The second-order valence-corrected chi connectivity index (χ2v) is 3.27. The van der Waals surface area contributed by atoms with Crippen LogP contribution in [0.3, 0.4) is 0 Å². The molecule has 0 spiro atoms. The van der Waals surface area contributed by atoms with E-state index in [1.54, 1.807) is 19.1 Å². The first-order valence-electron chi connectivity index (χ1n) is 3.06. The molecule has 10 heavy (non-hydrogen) atoms. The fourth-order valence-electron chi connectivity index (χ4n) is 0.851. The van der Waals surface area contributed by atoms with Gasteiger partial charge in [0.25, 0.3) is 0 Å². The Labute approximate surface area is 64.8 Å². The molecule has 3 heteroatoms. The minimum atomic E-state index is -0.566. The Morgan fingerprint density at radius 1 is 1.60 bits per heavy atom. The van der Waals surface area contributed by atoms with Crippen molar-refractivity contribution in [3.63, 3.8) is 0 Å². The van der Waals surface area contributed by atoms with E-state index in [1.165, 1.54) is 0 Å². The largest absolute Gasteiger partial charge is 0.354 e. The zero-order valence-electron chi connectivity index (χ0n) is 5.66. The Bertz CT molecular complexity index is 222. The van der Waals surface area contributed by atoms with Crippen molar-refractivity contribution < 1.29 is 0 Å². The lowest BCUT2D eigenvalue weighted by molar-refractivity contribution is 0.725. The van der Waals surface area contributed by atoms with Gasteiger partial charge in [-0.25, -0.2) is 0 Å². The molecule has 0 aromatic rings. The van der Waals surface area contributed by atoms with Crippen molar-refractivity contribution in [3.8, 4) is 0 Å². The highest BCUT2D eigenvalue weighted by atomic mass is 35.5. The van der Waals surface area contributed by atoms with Gasteiger partial charge in [0.15, 0.2) is 0 Å². The zero-order valence-corrected chi connectivity index (χ0v) is 6.42. The van der Waals surface area contributed by atoms with Crippen LogP contribution in [0.15, 0.2) is 24.3 Å². The molecule has 2 nitrogen and oxygen atoms in total. The monoisotopic (exact) mass is 155 g/mol. The van der Waals surface area contributed by atoms with E-state index in [4.69, 9.17) is 17.0 Å². The predicted octanol–water partition coefficient (Wildman–Crippen LogP) is 2.33. The molecule has 0 radical (unpaired) electrons. The van der Waals surface area contributed by atoms with E-state index >= 15 is 0 Å². The molecule has 0 bridgehead atoms. The number of nitrogens with zero attached hydrogens (tertiary/aromatic N) is 2. The first-order chi connectivity index (χ1) is 4.67. The second kappa shape index (κ2) is 2.43. The fraction of sp³-hybridized carbons (Fsp3) is 0.429. The van der Waals surface area contributed by atoms with Crippen molar-refractivity contribution in [3.05, 3.63) is 29.3 Å². The summed E-state index contributed by atoms with van der Waals surface area (Å²) in [6.07, 6.45) is 7.22. The third kappa shape index (κ3) is 1.19. The molecule has 1 aliphatic carbocycles. The van der Waals surface area contributed by atoms with Crippen LogP contribution in [0.25, 0.3) is 4.98 Å². The fourth-order valence-corrected chi connectivity index (χ4v) is 1.04. The molecule has 0 N–H and O–H groups in total. The molecule has 1 aliphatic rings. The highest BCUT2D eigenvalue weighted by Gasteiger charge is 2.39. The van der Waals surface area contributed by atoms with E-state index in [0.29, 0.717) is 0 Å². The maximum Gasteiger partial charge on any atom is 0.354 e. The van der Waals surface area contributed by atoms with Gasteiger partial charge >= 0.3 is 6.04 Å². The van der Waals surface area contributed by atoms with Gasteiger partial charge in [0, 0.05) is 6.08 Å². The third-order valence-electron chi connectivity index (χ3n) is 1.53. The molecule has 0 heterocycles. The summed E-state index contributed by atoms with van der Waals surface area (Å²) in [5.41, 5.74) is 0. The summed E-state index contributed by atoms with van der Waals surface area (Å²) >= 11 is 5.95. The number of hydrogen-bond acceptors (Lipinski definition) is 1. The summed E-state index contributed by atoms with van der Waals surface area (Å²) in [5.74, 6) is 0. The molecule has 0 saturated carbocycles. The molecule has 2 unspecified atom stereocenters. The van der Waals surface area contributed by atoms with Gasteiger partial charge in [-0.1, -0.05) is 18.2 Å². The Hall–Kier alpha value is -0.810. The average molecular weight is 156 g/mol. The van der Waals surface area contributed by atoms with Crippen LogP contribution in [-0.4, -0.2) is 10.9 Å². The number of halogens is 1. The Morgan fingerprint density at radius 2 is 2.30 bits per heavy atom. The lowest BCUT2D eigenvalue weighted by atomic mass is 9.97. The molecule has 1 rings (SSSR count). The van der Waals surface area contributed by atoms with E-state index in [0.717, 1.165) is 0 Å². The van der Waals surface area contributed by atoms with Crippen molar-refractivity contribution in [2.75, 3.05) is 0 Å². The van der Waals surface area contributed by atoms with Crippen LogP contribution in [-0.2, 0) is 0 Å². The molecule has 0 aromatic carbocycles. The minimum absolute atomic E-state index is 0.320. The van der Waals surface area contributed by atoms with Gasteiger partial charge in [-0.3, -0.25) is 0 Å². The van der Waals surface area contributed by atoms with E-state index in [2.05, 4.69) is 4.98 Å². The van der Waals surface area contributed by atoms with Crippen LogP contribution in [0.2, 0.25) is 0 Å². The van der Waals surface area contributed by atoms with Crippen molar-refractivity contribution in [2.24, 2.45) is 0 Å². The smallest absolute Gasteiger partial charge is 0.106 e. The van der Waals surface area contributed by atoms with Crippen molar-refractivity contribution in [1.29, 1.82) is 5.39 Å². The third-order valence-corrected chi connectivity index (χ3v) is 1.88. The van der Waals surface area contributed by atoms with Crippen LogP contribution in [0.5, 0.6) is 0 Å². The van der Waals surface area contributed by atoms with Crippen LogP contribution in [0.4, 0.5) is 0 Å². The van der Waals surface area contributed by atoms with Gasteiger partial charge in [-0.05, 0) is 6.92 Å². The average Bonchev–Trinajstić information content (AvgIpc) is 1.87. The van der Waals surface area contributed by atoms with Gasteiger partial charge < -0.3 is 0 Å². The summed E-state index contributed by atoms with van der Waals surface area (Å²) in [4.78, 5) is 2.56. The van der Waals surface area contributed by atoms with Gasteiger partial charge in [0.1, 0.15) is 9.85 Å². The van der Waals surface area contributed by atoms with E-state index < -0.39 is 4.87 Å². The molecule has 0 aromatic heterocycles. The number of diazo groups is 1. The van der Waals surface area contributed by atoms with Gasteiger partial charge in [0.05, 0.1) is 0 Å². The molecule has 2 atom stereocenters. The van der Waals surface area contributed by atoms with Crippen LogP contribution >= 0.6 is 11.6 Å². The maximum absolute atomic E-state index is 8.48. The molecule has 0 aliphatic heterocycles. The SMILES string of the molecule is CC1(Cl)C=CC=CC1[N+]#N. The van der Waals surface area contributed by atoms with E-state index in [9.17, 15) is 0 Å². The van der Waals surface area contributed by atoms with Crippen LogP contribution < -0.4 is 0 Å². The zero-order chi connectivity index (χ0) is 7.61. The number of rotatable bonds is 0. The van der Waals surface area contributed by atoms with Gasteiger partial charge in [-0.15, -0.1) is 11.6 Å². The quantitative estimate of drug-likeness (QED) is 0.390. The molecular weight excluding hydrogens is 148 g/mol. The van der Waals surface area contributed by atoms with Gasteiger partial charge in [-0.2, -0.15) is 0 Å². The summed E-state index contributed by atoms with van der Waals surface area (Å²) < 4.78 is 0. The highest BCUT2D eigenvalue weighted by Crippen LogP contribution is 2.27. The first kappa shape index (κ1) is 7.30. The topological polar surface area (TPSA) is 28.1 Å². The van der Waals surface area contributed by atoms with E-state index in [1.807, 2.05) is 12.2 Å². The van der Waals surface area contributed by atoms with Crippen molar-refractivity contribution >= 4 is 11.6 Å². The normalized spacial score (nSPS) is 37.5. The molecular formula is C7H8ClN2+. The second-order valence-electron chi connectivity index (χ2n) is 2.46. The summed E-state index contributed by atoms with van der Waals surface area (Å²) in [6, 6.07) is -0.320. The molecule has 0 fully saturated rings. The number of hydrogen-bond donors (Lipinski definition) is 0. The van der Waals surface area contributed by atoms with E-state index in [-0.39, 0.29) is 6.04 Å². The predicted molar refractivity (Wildman–Crippen MR) is 41.4 cm³/mol. The van der Waals surface area contributed by atoms with Crippen LogP contribution in [0, 0.1) is 5.39 Å². The maximum atomic E-state index is 8.48.